The number of nitrogens with zero attached hydrogens (tertiary/aromatic N) is 1. The summed E-state index contributed by atoms with van der Waals surface area (Å²) in [5.41, 5.74) is -0.0914. The summed E-state index contributed by atoms with van der Waals surface area (Å²) in [7, 11) is 0. The lowest BCUT2D eigenvalue weighted by Gasteiger charge is -2.21. The second kappa shape index (κ2) is 5.39. The maximum absolute atomic E-state index is 11.2. The zero-order chi connectivity index (χ0) is 11.4. The van der Waals surface area contributed by atoms with Crippen LogP contribution in [-0.4, -0.2) is 27.5 Å². The number of aromatic nitrogens is 2. The van der Waals surface area contributed by atoms with E-state index in [2.05, 4.69) is 15.3 Å². The lowest BCUT2D eigenvalue weighted by Crippen LogP contribution is -2.21. The number of aromatic amines is 1. The Balaban J connectivity index is 1.90. The van der Waals surface area contributed by atoms with Crippen LogP contribution < -0.4 is 10.9 Å². The Kier molecular flexibility index (Phi) is 3.88. The molecule has 0 amide bonds. The molecule has 1 aromatic rings. The van der Waals surface area contributed by atoms with Gasteiger partial charge in [-0.05, 0) is 25.5 Å². The first-order valence-corrected chi connectivity index (χ1v) is 6.72. The molecular formula is C11H17N3OS. The van der Waals surface area contributed by atoms with Gasteiger partial charge in [0.2, 0.25) is 0 Å². The highest BCUT2D eigenvalue weighted by atomic mass is 32.2. The van der Waals surface area contributed by atoms with E-state index >= 15 is 0 Å². The summed E-state index contributed by atoms with van der Waals surface area (Å²) < 4.78 is 0. The minimum absolute atomic E-state index is 0.0914. The van der Waals surface area contributed by atoms with E-state index in [9.17, 15) is 4.79 Å². The first kappa shape index (κ1) is 11.5. The van der Waals surface area contributed by atoms with Gasteiger partial charge in [-0.15, -0.1) is 0 Å². The molecule has 2 heterocycles. The van der Waals surface area contributed by atoms with Crippen molar-refractivity contribution in [3.8, 4) is 0 Å². The van der Waals surface area contributed by atoms with E-state index in [1.165, 1.54) is 31.1 Å². The van der Waals surface area contributed by atoms with Gasteiger partial charge in [0.15, 0.2) is 0 Å². The van der Waals surface area contributed by atoms with Crippen LogP contribution in [0.2, 0.25) is 0 Å². The summed E-state index contributed by atoms with van der Waals surface area (Å²) in [5.74, 6) is 2.60. The Morgan fingerprint density at radius 2 is 2.50 bits per heavy atom. The number of rotatable bonds is 3. The van der Waals surface area contributed by atoms with Gasteiger partial charge < -0.3 is 10.3 Å². The van der Waals surface area contributed by atoms with Crippen LogP contribution in [0, 0.1) is 6.92 Å². The molecule has 2 N–H and O–H groups in total. The molecule has 0 bridgehead atoms. The summed E-state index contributed by atoms with van der Waals surface area (Å²) in [5, 5.41) is 3.91. The Morgan fingerprint density at radius 3 is 3.19 bits per heavy atom. The van der Waals surface area contributed by atoms with Gasteiger partial charge in [-0.1, -0.05) is 6.42 Å². The fraction of sp³-hybridized carbons (Fsp3) is 0.636. The number of thioether (sulfide) groups is 1. The standard InChI is InChI=1S/C11H17N3OS/c1-8-13-10(6-11(15)14-8)12-7-9-4-2-3-5-16-9/h6,9H,2-5,7H2,1H3,(H2,12,13,14,15). The van der Waals surface area contributed by atoms with Gasteiger partial charge >= 0.3 is 0 Å². The van der Waals surface area contributed by atoms with E-state index in [-0.39, 0.29) is 5.56 Å². The average molecular weight is 239 g/mol. The zero-order valence-electron chi connectivity index (χ0n) is 9.45. The van der Waals surface area contributed by atoms with Crippen molar-refractivity contribution in [2.75, 3.05) is 17.6 Å². The SMILES string of the molecule is Cc1nc(NCC2CCCCS2)cc(=O)[nH]1. The minimum Gasteiger partial charge on any atom is -0.369 e. The highest BCUT2D eigenvalue weighted by Crippen LogP contribution is 2.24. The summed E-state index contributed by atoms with van der Waals surface area (Å²) in [6, 6.07) is 1.51. The van der Waals surface area contributed by atoms with Gasteiger partial charge in [0.05, 0.1) is 0 Å². The van der Waals surface area contributed by atoms with Crippen molar-refractivity contribution in [3.05, 3.63) is 22.2 Å². The van der Waals surface area contributed by atoms with E-state index < -0.39 is 0 Å². The van der Waals surface area contributed by atoms with Crippen molar-refractivity contribution in [1.29, 1.82) is 0 Å². The van der Waals surface area contributed by atoms with Crippen LogP contribution in [0.5, 0.6) is 0 Å². The van der Waals surface area contributed by atoms with E-state index in [1.807, 2.05) is 11.8 Å². The molecule has 1 atom stereocenters. The molecule has 4 nitrogen and oxygen atoms in total. The summed E-state index contributed by atoms with van der Waals surface area (Å²) in [6.07, 6.45) is 3.92. The van der Waals surface area contributed by atoms with Crippen molar-refractivity contribution in [2.24, 2.45) is 0 Å². The molecule has 0 radical (unpaired) electrons. The molecule has 1 aliphatic rings. The fourth-order valence-electron chi connectivity index (χ4n) is 1.86. The maximum atomic E-state index is 11.2. The highest BCUT2D eigenvalue weighted by molar-refractivity contribution is 7.99. The van der Waals surface area contributed by atoms with Crippen molar-refractivity contribution >= 4 is 17.6 Å². The molecule has 0 aromatic carbocycles. The van der Waals surface area contributed by atoms with Crippen molar-refractivity contribution in [3.63, 3.8) is 0 Å². The number of hydrogen-bond acceptors (Lipinski definition) is 4. The predicted molar refractivity (Wildman–Crippen MR) is 68.2 cm³/mol. The molecule has 16 heavy (non-hydrogen) atoms. The molecule has 1 saturated heterocycles. The summed E-state index contributed by atoms with van der Waals surface area (Å²) in [4.78, 5) is 18.1. The fourth-order valence-corrected chi connectivity index (χ4v) is 3.10. The maximum Gasteiger partial charge on any atom is 0.252 e. The minimum atomic E-state index is -0.0914. The van der Waals surface area contributed by atoms with Gasteiger partial charge in [-0.2, -0.15) is 11.8 Å². The van der Waals surface area contributed by atoms with Gasteiger partial charge in [0, 0.05) is 17.9 Å². The molecule has 0 spiro atoms. The van der Waals surface area contributed by atoms with Crippen LogP contribution in [-0.2, 0) is 0 Å². The molecule has 5 heteroatoms. The van der Waals surface area contributed by atoms with Gasteiger partial charge in [0.25, 0.3) is 5.56 Å². The molecule has 1 aromatic heterocycles. The highest BCUT2D eigenvalue weighted by Gasteiger charge is 2.13. The molecule has 0 saturated carbocycles. The van der Waals surface area contributed by atoms with Crippen molar-refractivity contribution in [2.45, 2.75) is 31.4 Å². The van der Waals surface area contributed by atoms with Crippen LogP contribution in [0.25, 0.3) is 0 Å². The van der Waals surface area contributed by atoms with E-state index in [4.69, 9.17) is 0 Å². The quantitative estimate of drug-likeness (QED) is 0.844. The molecular weight excluding hydrogens is 222 g/mol. The summed E-state index contributed by atoms with van der Waals surface area (Å²) in [6.45, 7) is 2.70. The van der Waals surface area contributed by atoms with Gasteiger partial charge in [-0.3, -0.25) is 4.79 Å². The third kappa shape index (κ3) is 3.27. The normalized spacial score (nSPS) is 20.7. The molecule has 2 rings (SSSR count). The predicted octanol–water partition coefficient (Wildman–Crippen LogP) is 1.78. The van der Waals surface area contributed by atoms with E-state index in [0.29, 0.717) is 16.9 Å². The van der Waals surface area contributed by atoms with Gasteiger partial charge in [-0.25, -0.2) is 4.98 Å². The number of H-pyrrole nitrogens is 1. The smallest absolute Gasteiger partial charge is 0.252 e. The Labute approximate surface area is 99.3 Å². The molecule has 0 aliphatic carbocycles. The number of nitrogens with one attached hydrogen (secondary N) is 2. The average Bonchev–Trinajstić information content (AvgIpc) is 2.27. The molecule has 1 unspecified atom stereocenters. The zero-order valence-corrected chi connectivity index (χ0v) is 10.3. The second-order valence-corrected chi connectivity index (χ2v) is 5.49. The number of aryl methyl sites for hydroxylation is 1. The van der Waals surface area contributed by atoms with Crippen LogP contribution in [0.3, 0.4) is 0 Å². The van der Waals surface area contributed by atoms with Crippen LogP contribution in [0.1, 0.15) is 25.1 Å². The van der Waals surface area contributed by atoms with Crippen molar-refractivity contribution < 1.29 is 0 Å². The van der Waals surface area contributed by atoms with Crippen LogP contribution >= 0.6 is 11.8 Å². The van der Waals surface area contributed by atoms with Gasteiger partial charge in [0.1, 0.15) is 11.6 Å². The Hall–Kier alpha value is -0.970. The second-order valence-electron chi connectivity index (χ2n) is 4.09. The Morgan fingerprint density at radius 1 is 1.62 bits per heavy atom. The lowest BCUT2D eigenvalue weighted by molar-refractivity contribution is 0.676. The number of anilines is 1. The molecule has 1 fully saturated rings. The number of hydrogen-bond donors (Lipinski definition) is 2. The third-order valence-electron chi connectivity index (χ3n) is 2.64. The molecule has 1 aliphatic heterocycles. The monoisotopic (exact) mass is 239 g/mol. The third-order valence-corrected chi connectivity index (χ3v) is 4.04. The topological polar surface area (TPSA) is 57.8 Å². The first-order chi connectivity index (χ1) is 7.74. The van der Waals surface area contributed by atoms with E-state index in [1.54, 1.807) is 6.92 Å². The van der Waals surface area contributed by atoms with E-state index in [0.717, 1.165) is 6.54 Å². The summed E-state index contributed by atoms with van der Waals surface area (Å²) >= 11 is 2.01. The lowest BCUT2D eigenvalue weighted by atomic mass is 10.2. The Bertz CT molecular complexity index is 398. The first-order valence-electron chi connectivity index (χ1n) is 5.67. The van der Waals surface area contributed by atoms with Crippen molar-refractivity contribution in [1.82, 2.24) is 9.97 Å². The van der Waals surface area contributed by atoms with Crippen LogP contribution in [0.15, 0.2) is 10.9 Å². The van der Waals surface area contributed by atoms with Crippen LogP contribution in [0.4, 0.5) is 5.82 Å². The molecule has 88 valence electrons. The largest absolute Gasteiger partial charge is 0.369 e.